The maximum atomic E-state index is 10.5. The summed E-state index contributed by atoms with van der Waals surface area (Å²) in [4.78, 5) is 25.8. The van der Waals surface area contributed by atoms with Crippen LogP contribution in [0, 0.1) is 0 Å². The number of aromatic nitrogens is 8. The fourth-order valence-corrected chi connectivity index (χ4v) is 1.98. The molecule has 0 aliphatic heterocycles. The third kappa shape index (κ3) is 7.51. The highest BCUT2D eigenvalue weighted by Crippen LogP contribution is 2.05. The van der Waals surface area contributed by atoms with Gasteiger partial charge in [-0.1, -0.05) is 51.9 Å². The molecule has 12 heteroatoms. The van der Waals surface area contributed by atoms with Gasteiger partial charge in [0.2, 0.25) is 0 Å². The van der Waals surface area contributed by atoms with Crippen molar-refractivity contribution < 1.29 is 4.52 Å². The zero-order valence-corrected chi connectivity index (χ0v) is 16.4. The van der Waals surface area contributed by atoms with Crippen LogP contribution in [0.25, 0.3) is 0 Å². The summed E-state index contributed by atoms with van der Waals surface area (Å²) < 4.78 is 8.15. The largest absolute Gasteiger partial charge is 0.438 e. The van der Waals surface area contributed by atoms with Gasteiger partial charge in [-0.15, -0.1) is 10.2 Å². The highest BCUT2D eigenvalue weighted by molar-refractivity contribution is 7.02. The van der Waals surface area contributed by atoms with E-state index in [0.29, 0.717) is 17.7 Å². The van der Waals surface area contributed by atoms with Crippen LogP contribution in [0.3, 0.4) is 0 Å². The molecule has 3 aromatic heterocycles. The van der Waals surface area contributed by atoms with E-state index in [1.54, 1.807) is 0 Å². The Hall–Kier alpha value is -2.63. The van der Waals surface area contributed by atoms with Gasteiger partial charge in [0, 0.05) is 29.3 Å². The number of tetrazole rings is 1. The van der Waals surface area contributed by atoms with E-state index in [9.17, 15) is 9.59 Å². The predicted octanol–water partition coefficient (Wildman–Crippen LogP) is 1.76. The van der Waals surface area contributed by atoms with Crippen LogP contribution in [0.15, 0.2) is 14.1 Å². The predicted molar refractivity (Wildman–Crippen MR) is 96.3 cm³/mol. The summed E-state index contributed by atoms with van der Waals surface area (Å²) in [5.41, 5.74) is 0. The minimum absolute atomic E-state index is 0.0706. The molecule has 0 saturated carbocycles. The standard InChI is InChI=1S/C5H8N2O2.C5H8N2OS.C4H8N4/c2*1-3(2)4-6-5(8)9-7-4;1-3(2)4-5-7-8-6-4/h2*3H,1-2H3,(H,6,7,8);3H,1-2H3,(H,5,6,7,8). The van der Waals surface area contributed by atoms with Crippen LogP contribution >= 0.6 is 11.5 Å². The van der Waals surface area contributed by atoms with Crippen LogP contribution in [0.5, 0.6) is 0 Å². The number of H-pyrrole nitrogens is 3. The Balaban J connectivity index is 0.000000195. The van der Waals surface area contributed by atoms with E-state index in [0.717, 1.165) is 23.2 Å². The van der Waals surface area contributed by atoms with Gasteiger partial charge < -0.3 is 0 Å². The normalized spacial score (nSPS) is 10.5. The topological polar surface area (TPSA) is 159 Å². The van der Waals surface area contributed by atoms with Crippen molar-refractivity contribution in [2.45, 2.75) is 59.3 Å². The molecule has 0 radical (unpaired) electrons. The van der Waals surface area contributed by atoms with E-state index in [2.05, 4.69) is 44.6 Å². The number of hydrogen-bond acceptors (Lipinski definition) is 9. The molecule has 0 aliphatic carbocycles. The average Bonchev–Trinajstić information content (AvgIpc) is 3.28. The van der Waals surface area contributed by atoms with Crippen molar-refractivity contribution in [3.05, 3.63) is 37.7 Å². The highest BCUT2D eigenvalue weighted by Gasteiger charge is 2.03. The summed E-state index contributed by atoms with van der Waals surface area (Å²) in [6.45, 7) is 11.9. The summed E-state index contributed by atoms with van der Waals surface area (Å²) in [5, 5.41) is 16.8. The van der Waals surface area contributed by atoms with E-state index in [1.807, 2.05) is 41.5 Å². The smallest absolute Gasteiger partial charge is 0.299 e. The molecule has 0 atom stereocenters. The molecule has 26 heavy (non-hydrogen) atoms. The third-order valence-electron chi connectivity index (χ3n) is 2.89. The second kappa shape index (κ2) is 10.4. The highest BCUT2D eigenvalue weighted by atomic mass is 32.1. The molecule has 0 fully saturated rings. The molecule has 0 unspecified atom stereocenters. The minimum Gasteiger partial charge on any atom is -0.299 e. The van der Waals surface area contributed by atoms with E-state index >= 15 is 0 Å². The molecule has 11 nitrogen and oxygen atoms in total. The second-order valence-corrected chi connectivity index (χ2v) is 6.93. The van der Waals surface area contributed by atoms with Gasteiger partial charge in [-0.2, -0.15) is 9.59 Å². The second-order valence-electron chi connectivity index (χ2n) is 6.19. The Morgan fingerprint density at radius 1 is 0.923 bits per heavy atom. The molecule has 3 rings (SSSR count). The van der Waals surface area contributed by atoms with Gasteiger partial charge in [0.25, 0.3) is 0 Å². The molecule has 0 amide bonds. The fourth-order valence-electron chi connectivity index (χ4n) is 1.40. The van der Waals surface area contributed by atoms with Gasteiger partial charge in [0.15, 0.2) is 11.6 Å². The van der Waals surface area contributed by atoms with Crippen molar-refractivity contribution in [2.24, 2.45) is 0 Å². The molecular weight excluding hydrogens is 360 g/mol. The Morgan fingerprint density at radius 3 is 1.81 bits per heavy atom. The van der Waals surface area contributed by atoms with E-state index in [1.165, 1.54) is 0 Å². The molecule has 0 aromatic carbocycles. The summed E-state index contributed by atoms with van der Waals surface area (Å²) >= 11 is 0.972. The van der Waals surface area contributed by atoms with Gasteiger partial charge in [0.1, 0.15) is 5.82 Å². The maximum Gasteiger partial charge on any atom is 0.438 e. The van der Waals surface area contributed by atoms with Crippen molar-refractivity contribution in [3.63, 3.8) is 0 Å². The van der Waals surface area contributed by atoms with Gasteiger partial charge in [-0.05, 0) is 0 Å². The summed E-state index contributed by atoms with van der Waals surface area (Å²) in [7, 11) is 0. The Morgan fingerprint density at radius 2 is 1.58 bits per heavy atom. The number of hydrogen-bond donors (Lipinski definition) is 3. The molecule has 3 N–H and O–H groups in total. The van der Waals surface area contributed by atoms with Crippen LogP contribution in [-0.4, -0.2) is 40.1 Å². The third-order valence-corrected chi connectivity index (χ3v) is 3.44. The first-order valence-electron chi connectivity index (χ1n) is 8.05. The Bertz CT molecular complexity index is 792. The number of nitrogens with zero attached hydrogens (tertiary/aromatic N) is 5. The monoisotopic (exact) mass is 384 g/mol. The van der Waals surface area contributed by atoms with Crippen molar-refractivity contribution in [2.75, 3.05) is 0 Å². The van der Waals surface area contributed by atoms with E-state index in [-0.39, 0.29) is 10.8 Å². The quantitative estimate of drug-likeness (QED) is 0.616. The molecule has 0 bridgehead atoms. The average molecular weight is 384 g/mol. The number of nitrogens with one attached hydrogen (secondary N) is 3. The molecule has 0 spiro atoms. The lowest BCUT2D eigenvalue weighted by molar-refractivity contribution is 0.379. The lowest BCUT2D eigenvalue weighted by Crippen LogP contribution is -1.97. The van der Waals surface area contributed by atoms with Crippen LogP contribution < -0.4 is 10.6 Å². The summed E-state index contributed by atoms with van der Waals surface area (Å²) in [5.74, 6) is 2.57. The first kappa shape index (κ1) is 21.4. The molecule has 144 valence electrons. The van der Waals surface area contributed by atoms with Crippen molar-refractivity contribution in [1.29, 1.82) is 0 Å². The Labute approximate surface area is 153 Å². The van der Waals surface area contributed by atoms with Gasteiger partial charge in [0.05, 0.1) is 0 Å². The summed E-state index contributed by atoms with van der Waals surface area (Å²) in [6.07, 6.45) is 0. The number of rotatable bonds is 3. The fraction of sp³-hybridized carbons (Fsp3) is 0.643. The maximum absolute atomic E-state index is 10.5. The van der Waals surface area contributed by atoms with Crippen LogP contribution in [0.1, 0.15) is 76.8 Å². The molecule has 0 aliphatic rings. The molecule has 3 aromatic rings. The SMILES string of the molecule is CC(C)c1nn[nH]n1.CC(C)c1noc(=O)[nH]1.CC(C)c1nsc(=O)[nH]1. The van der Waals surface area contributed by atoms with Crippen molar-refractivity contribution in [1.82, 2.24) is 40.1 Å². The van der Waals surface area contributed by atoms with Crippen molar-refractivity contribution in [3.8, 4) is 0 Å². The van der Waals surface area contributed by atoms with Gasteiger partial charge >= 0.3 is 10.6 Å². The molecule has 0 saturated heterocycles. The lowest BCUT2D eigenvalue weighted by atomic mass is 10.2. The minimum atomic E-state index is -0.487. The summed E-state index contributed by atoms with van der Waals surface area (Å²) in [6, 6.07) is 0. The van der Waals surface area contributed by atoms with Gasteiger partial charge in [-0.25, -0.2) is 4.79 Å². The lowest BCUT2D eigenvalue weighted by Gasteiger charge is -1.93. The first-order chi connectivity index (χ1) is 12.2. The number of aromatic amines is 3. The zero-order chi connectivity index (χ0) is 19.7. The van der Waals surface area contributed by atoms with Crippen LogP contribution in [0.2, 0.25) is 0 Å². The zero-order valence-electron chi connectivity index (χ0n) is 15.6. The van der Waals surface area contributed by atoms with E-state index in [4.69, 9.17) is 0 Å². The molecule has 3 heterocycles. The van der Waals surface area contributed by atoms with Crippen LogP contribution in [-0.2, 0) is 0 Å². The van der Waals surface area contributed by atoms with Gasteiger partial charge in [-0.3, -0.25) is 19.3 Å². The van der Waals surface area contributed by atoms with E-state index < -0.39 is 5.76 Å². The Kier molecular flexibility index (Phi) is 8.55. The first-order valence-corrected chi connectivity index (χ1v) is 8.83. The van der Waals surface area contributed by atoms with Crippen molar-refractivity contribution >= 4 is 11.5 Å². The van der Waals surface area contributed by atoms with Crippen LogP contribution in [0.4, 0.5) is 0 Å². The molecular formula is C14H24N8O3S.